The van der Waals surface area contributed by atoms with Gasteiger partial charge in [-0.3, -0.25) is 4.79 Å². The molecule has 0 aliphatic rings. The van der Waals surface area contributed by atoms with Crippen molar-refractivity contribution in [2.45, 2.75) is 13.2 Å². The summed E-state index contributed by atoms with van der Waals surface area (Å²) in [7, 11) is 1.88. The molecule has 0 aliphatic heterocycles. The second-order valence-electron chi connectivity index (χ2n) is 4.95. The van der Waals surface area contributed by atoms with Gasteiger partial charge in [-0.1, -0.05) is 24.3 Å². The van der Waals surface area contributed by atoms with Crippen LogP contribution in [0.3, 0.4) is 0 Å². The number of hydrogen-bond donors (Lipinski definition) is 1. The highest BCUT2D eigenvalue weighted by molar-refractivity contribution is 5.78. The number of aryl methyl sites for hydroxylation is 1. The number of benzene rings is 1. The molecule has 20 heavy (non-hydrogen) atoms. The molecule has 2 aromatic heterocycles. The van der Waals surface area contributed by atoms with Crippen molar-refractivity contribution in [3.05, 3.63) is 70.3 Å². The lowest BCUT2D eigenvalue weighted by molar-refractivity contribution is 0.282. The smallest absolute Gasteiger partial charge is 0.275 e. The monoisotopic (exact) mass is 268 g/mol. The molecule has 3 aromatic rings. The van der Waals surface area contributed by atoms with Crippen molar-refractivity contribution in [1.29, 1.82) is 0 Å². The van der Waals surface area contributed by atoms with Crippen molar-refractivity contribution in [3.63, 3.8) is 0 Å². The maximum atomic E-state index is 12.4. The van der Waals surface area contributed by atoms with Crippen molar-refractivity contribution in [1.82, 2.24) is 9.13 Å². The third-order valence-corrected chi connectivity index (χ3v) is 3.56. The third kappa shape index (κ3) is 2.14. The van der Waals surface area contributed by atoms with Gasteiger partial charge in [0.05, 0.1) is 13.2 Å². The van der Waals surface area contributed by atoms with Crippen LogP contribution in [0.25, 0.3) is 10.9 Å². The molecule has 1 N–H and O–H groups in total. The number of pyridine rings is 1. The quantitative estimate of drug-likeness (QED) is 0.788. The Hall–Kier alpha value is -2.33. The lowest BCUT2D eigenvalue weighted by atomic mass is 10.1. The van der Waals surface area contributed by atoms with Crippen molar-refractivity contribution in [2.75, 3.05) is 0 Å². The minimum atomic E-state index is 0.0150. The summed E-state index contributed by atoms with van der Waals surface area (Å²) in [6.45, 7) is 0.571. The fraction of sp³-hybridized carbons (Fsp3) is 0.188. The van der Waals surface area contributed by atoms with Gasteiger partial charge in [-0.05, 0) is 23.3 Å². The topological polar surface area (TPSA) is 47.2 Å². The molecule has 0 bridgehead atoms. The summed E-state index contributed by atoms with van der Waals surface area (Å²) in [6.07, 6.45) is 3.72. The normalized spacial score (nSPS) is 11.1. The number of rotatable bonds is 3. The van der Waals surface area contributed by atoms with Crippen molar-refractivity contribution in [2.24, 2.45) is 7.05 Å². The molecular formula is C16H16N2O2. The number of hydrogen-bond acceptors (Lipinski definition) is 2. The first kappa shape index (κ1) is 12.7. The van der Waals surface area contributed by atoms with Crippen LogP contribution in [0.2, 0.25) is 0 Å². The fourth-order valence-corrected chi connectivity index (χ4v) is 2.40. The van der Waals surface area contributed by atoms with Gasteiger partial charge in [0.1, 0.15) is 5.52 Å². The van der Waals surface area contributed by atoms with Crippen LogP contribution in [0.15, 0.2) is 53.6 Å². The number of fused-ring (bicyclic) bond motifs is 1. The van der Waals surface area contributed by atoms with Crippen molar-refractivity contribution < 1.29 is 5.11 Å². The zero-order valence-electron chi connectivity index (χ0n) is 11.3. The molecule has 4 heteroatoms. The van der Waals surface area contributed by atoms with E-state index in [4.69, 9.17) is 5.11 Å². The Morgan fingerprint density at radius 2 is 1.65 bits per heavy atom. The zero-order valence-corrected chi connectivity index (χ0v) is 11.3. The van der Waals surface area contributed by atoms with E-state index in [9.17, 15) is 4.79 Å². The van der Waals surface area contributed by atoms with Crippen LogP contribution in [0, 0.1) is 0 Å². The van der Waals surface area contributed by atoms with E-state index in [-0.39, 0.29) is 12.2 Å². The molecule has 0 aliphatic carbocycles. The van der Waals surface area contributed by atoms with Crippen LogP contribution in [-0.4, -0.2) is 14.2 Å². The Bertz CT molecular complexity index is 797. The van der Waals surface area contributed by atoms with Crippen LogP contribution in [0.4, 0.5) is 0 Å². The molecule has 0 radical (unpaired) electrons. The molecular weight excluding hydrogens is 252 g/mol. The summed E-state index contributed by atoms with van der Waals surface area (Å²) in [5.74, 6) is 0. The summed E-state index contributed by atoms with van der Waals surface area (Å²) in [4.78, 5) is 12.4. The molecule has 0 saturated heterocycles. The maximum Gasteiger partial charge on any atom is 0.275 e. The van der Waals surface area contributed by atoms with Gasteiger partial charge >= 0.3 is 0 Å². The van der Waals surface area contributed by atoms with Crippen molar-refractivity contribution >= 4 is 10.9 Å². The Balaban J connectivity index is 1.99. The highest BCUT2D eigenvalue weighted by Gasteiger charge is 2.06. The molecule has 4 nitrogen and oxygen atoms in total. The van der Waals surface area contributed by atoms with Gasteiger partial charge in [-0.15, -0.1) is 0 Å². The molecule has 2 heterocycles. The largest absolute Gasteiger partial charge is 0.392 e. The van der Waals surface area contributed by atoms with Gasteiger partial charge in [-0.25, -0.2) is 0 Å². The van der Waals surface area contributed by atoms with Crippen LogP contribution in [-0.2, 0) is 20.2 Å². The summed E-state index contributed by atoms with van der Waals surface area (Å²) in [5, 5.41) is 9.99. The van der Waals surface area contributed by atoms with Gasteiger partial charge in [0, 0.05) is 24.8 Å². The summed E-state index contributed by atoms with van der Waals surface area (Å²) >= 11 is 0. The SMILES string of the molecule is Cn1ccc2ccn(Cc3ccc(CO)cc3)c(=O)c21. The molecule has 0 unspecified atom stereocenters. The lowest BCUT2D eigenvalue weighted by Gasteiger charge is -2.07. The average Bonchev–Trinajstić information content (AvgIpc) is 2.85. The molecule has 102 valence electrons. The number of aromatic nitrogens is 2. The molecule has 3 rings (SSSR count). The second kappa shape index (κ2) is 4.98. The first-order chi connectivity index (χ1) is 9.69. The van der Waals surface area contributed by atoms with Crippen LogP contribution >= 0.6 is 0 Å². The van der Waals surface area contributed by atoms with Gasteiger partial charge in [0.2, 0.25) is 0 Å². The van der Waals surface area contributed by atoms with Gasteiger partial charge < -0.3 is 14.2 Å². The van der Waals surface area contributed by atoms with Gasteiger partial charge in [0.25, 0.3) is 5.56 Å². The van der Waals surface area contributed by atoms with Crippen LogP contribution in [0.5, 0.6) is 0 Å². The number of nitrogens with zero attached hydrogens (tertiary/aromatic N) is 2. The minimum Gasteiger partial charge on any atom is -0.392 e. The summed E-state index contributed by atoms with van der Waals surface area (Å²) in [5.41, 5.74) is 2.65. The third-order valence-electron chi connectivity index (χ3n) is 3.56. The molecule has 0 fully saturated rings. The standard InChI is InChI=1S/C16H16N2O2/c1-17-8-6-14-7-9-18(16(20)15(14)17)10-12-2-4-13(11-19)5-3-12/h2-9,19H,10-11H2,1H3. The molecule has 0 amide bonds. The molecule has 0 spiro atoms. The first-order valence-electron chi connectivity index (χ1n) is 6.52. The predicted octanol–water partition coefficient (Wildman–Crippen LogP) is 1.88. The molecule has 0 saturated carbocycles. The van der Waals surface area contributed by atoms with E-state index in [1.165, 1.54) is 0 Å². The Morgan fingerprint density at radius 1 is 1.00 bits per heavy atom. The number of aliphatic hydroxyl groups excluding tert-OH is 1. The van der Waals surface area contributed by atoms with Crippen molar-refractivity contribution in [3.8, 4) is 0 Å². The summed E-state index contributed by atoms with van der Waals surface area (Å²) < 4.78 is 3.55. The predicted molar refractivity (Wildman–Crippen MR) is 78.6 cm³/mol. The molecule has 0 atom stereocenters. The second-order valence-corrected chi connectivity index (χ2v) is 4.95. The highest BCUT2D eigenvalue weighted by Crippen LogP contribution is 2.11. The number of aliphatic hydroxyl groups is 1. The average molecular weight is 268 g/mol. The van der Waals surface area contributed by atoms with E-state index >= 15 is 0 Å². The first-order valence-corrected chi connectivity index (χ1v) is 6.52. The van der Waals surface area contributed by atoms with E-state index in [2.05, 4.69) is 0 Å². The van der Waals surface area contributed by atoms with E-state index in [1.807, 2.05) is 60.4 Å². The minimum absolute atomic E-state index is 0.0150. The van der Waals surface area contributed by atoms with Crippen LogP contribution < -0.4 is 5.56 Å². The van der Waals surface area contributed by atoms with E-state index in [0.29, 0.717) is 6.54 Å². The van der Waals surface area contributed by atoms with Crippen LogP contribution in [0.1, 0.15) is 11.1 Å². The van der Waals surface area contributed by atoms with E-state index in [0.717, 1.165) is 22.0 Å². The molecule has 1 aromatic carbocycles. The Kier molecular flexibility index (Phi) is 3.16. The van der Waals surface area contributed by atoms with Gasteiger partial charge in [-0.2, -0.15) is 0 Å². The van der Waals surface area contributed by atoms with Gasteiger partial charge in [0.15, 0.2) is 0 Å². The van der Waals surface area contributed by atoms with E-state index < -0.39 is 0 Å². The summed E-state index contributed by atoms with van der Waals surface area (Å²) in [6, 6.07) is 11.5. The Labute approximate surface area is 116 Å². The van der Waals surface area contributed by atoms with E-state index in [1.54, 1.807) is 4.57 Å². The Morgan fingerprint density at radius 3 is 2.35 bits per heavy atom. The lowest BCUT2D eigenvalue weighted by Crippen LogP contribution is -2.21. The fourth-order valence-electron chi connectivity index (χ4n) is 2.40. The highest BCUT2D eigenvalue weighted by atomic mass is 16.3. The maximum absolute atomic E-state index is 12.4. The zero-order chi connectivity index (χ0) is 14.1.